The molecule has 2 rings (SSSR count). The molecule has 10 heteroatoms. The fraction of sp³-hybridized carbons (Fsp3) is 0.462. The molecular formula is C13H16Cl2F3N3O2. The zero-order chi connectivity index (χ0) is 16.3. The smallest absolute Gasteiger partial charge is 0.378 e. The van der Waals surface area contributed by atoms with Crippen molar-refractivity contribution in [2.75, 3.05) is 25.5 Å². The van der Waals surface area contributed by atoms with Gasteiger partial charge in [0, 0.05) is 25.9 Å². The van der Waals surface area contributed by atoms with E-state index in [1.54, 1.807) is 0 Å². The van der Waals surface area contributed by atoms with Crippen LogP contribution in [0.2, 0.25) is 5.02 Å². The van der Waals surface area contributed by atoms with Gasteiger partial charge in [0.1, 0.15) is 0 Å². The molecule has 1 aliphatic rings. The average molecular weight is 374 g/mol. The van der Waals surface area contributed by atoms with Gasteiger partial charge in [-0.15, -0.1) is 12.4 Å². The van der Waals surface area contributed by atoms with Gasteiger partial charge in [-0.1, -0.05) is 11.6 Å². The summed E-state index contributed by atoms with van der Waals surface area (Å²) in [4.78, 5) is 11.9. The summed E-state index contributed by atoms with van der Waals surface area (Å²) in [5, 5.41) is 7.64. The van der Waals surface area contributed by atoms with Crippen LogP contribution in [0.1, 0.15) is 5.56 Å². The van der Waals surface area contributed by atoms with Gasteiger partial charge in [-0.25, -0.2) is 4.79 Å². The van der Waals surface area contributed by atoms with Crippen LogP contribution in [0.5, 0.6) is 0 Å². The van der Waals surface area contributed by atoms with Gasteiger partial charge >= 0.3 is 12.2 Å². The van der Waals surface area contributed by atoms with E-state index < -0.39 is 22.8 Å². The first kappa shape index (κ1) is 19.8. The molecule has 23 heavy (non-hydrogen) atoms. The van der Waals surface area contributed by atoms with E-state index in [9.17, 15) is 18.0 Å². The van der Waals surface area contributed by atoms with Crippen molar-refractivity contribution in [3.8, 4) is 0 Å². The number of rotatable bonds is 3. The maximum absolute atomic E-state index is 12.8. The topological polar surface area (TPSA) is 62.4 Å². The lowest BCUT2D eigenvalue weighted by Crippen LogP contribution is -2.45. The SMILES string of the molecule is CO[C@H]1CNC[C@@H]1NC(=O)Nc1ccc(Cl)c(C(F)(F)F)c1.Cl. The van der Waals surface area contributed by atoms with Crippen molar-refractivity contribution in [3.05, 3.63) is 28.8 Å². The minimum Gasteiger partial charge on any atom is -0.378 e. The molecule has 0 aliphatic carbocycles. The third kappa shape index (κ3) is 5.13. The molecule has 0 saturated carbocycles. The van der Waals surface area contributed by atoms with Crippen LogP contribution < -0.4 is 16.0 Å². The molecule has 2 atom stereocenters. The van der Waals surface area contributed by atoms with Crippen LogP contribution in [0.25, 0.3) is 0 Å². The van der Waals surface area contributed by atoms with Gasteiger partial charge in [-0.2, -0.15) is 13.2 Å². The lowest BCUT2D eigenvalue weighted by Gasteiger charge is -2.19. The Morgan fingerprint density at radius 3 is 2.70 bits per heavy atom. The predicted octanol–water partition coefficient (Wildman–Crippen LogP) is 2.89. The Labute approximate surface area is 142 Å². The number of ether oxygens (including phenoxy) is 1. The van der Waals surface area contributed by atoms with E-state index in [0.29, 0.717) is 13.1 Å². The van der Waals surface area contributed by atoms with Gasteiger partial charge in [-0.05, 0) is 18.2 Å². The molecule has 0 radical (unpaired) electrons. The Kier molecular flexibility index (Phi) is 6.94. The van der Waals surface area contributed by atoms with E-state index in [0.717, 1.165) is 12.1 Å². The Hall–Kier alpha value is -1.22. The maximum Gasteiger partial charge on any atom is 0.417 e. The molecular weight excluding hydrogens is 358 g/mol. The Bertz CT molecular complexity index is 558. The van der Waals surface area contributed by atoms with Crippen molar-refractivity contribution in [1.82, 2.24) is 10.6 Å². The van der Waals surface area contributed by atoms with Gasteiger partial charge in [-0.3, -0.25) is 0 Å². The van der Waals surface area contributed by atoms with Gasteiger partial charge in [0.2, 0.25) is 0 Å². The fourth-order valence-corrected chi connectivity index (χ4v) is 2.43. The minimum absolute atomic E-state index is 0. The van der Waals surface area contributed by atoms with E-state index >= 15 is 0 Å². The Balaban J connectivity index is 0.00000264. The fourth-order valence-electron chi connectivity index (χ4n) is 2.20. The van der Waals surface area contributed by atoms with Crippen LogP contribution in [0, 0.1) is 0 Å². The maximum atomic E-state index is 12.8. The molecule has 5 nitrogen and oxygen atoms in total. The first-order valence-corrected chi connectivity index (χ1v) is 6.87. The molecule has 0 spiro atoms. The predicted molar refractivity (Wildman–Crippen MR) is 83.3 cm³/mol. The van der Waals surface area contributed by atoms with Crippen LogP contribution in [0.4, 0.5) is 23.7 Å². The number of urea groups is 1. The van der Waals surface area contributed by atoms with E-state index in [-0.39, 0.29) is 30.2 Å². The quantitative estimate of drug-likeness (QED) is 0.763. The number of carbonyl (C=O) groups excluding carboxylic acids is 1. The lowest BCUT2D eigenvalue weighted by atomic mass is 10.2. The van der Waals surface area contributed by atoms with Crippen LogP contribution in [-0.4, -0.2) is 38.4 Å². The highest BCUT2D eigenvalue weighted by atomic mass is 35.5. The number of hydrogen-bond donors (Lipinski definition) is 3. The summed E-state index contributed by atoms with van der Waals surface area (Å²) >= 11 is 5.52. The third-order valence-corrected chi connectivity index (χ3v) is 3.64. The number of nitrogens with one attached hydrogen (secondary N) is 3. The molecule has 130 valence electrons. The zero-order valence-electron chi connectivity index (χ0n) is 12.0. The largest absolute Gasteiger partial charge is 0.417 e. The summed E-state index contributed by atoms with van der Waals surface area (Å²) in [5.74, 6) is 0. The van der Waals surface area contributed by atoms with E-state index in [2.05, 4.69) is 16.0 Å². The molecule has 2 amide bonds. The normalized spacial score (nSPS) is 20.7. The molecule has 1 saturated heterocycles. The van der Waals surface area contributed by atoms with Crippen LogP contribution in [0.3, 0.4) is 0 Å². The third-order valence-electron chi connectivity index (χ3n) is 3.31. The minimum atomic E-state index is -4.58. The van der Waals surface area contributed by atoms with Crippen molar-refractivity contribution in [2.24, 2.45) is 0 Å². The number of alkyl halides is 3. The molecule has 0 unspecified atom stereocenters. The second-order valence-corrected chi connectivity index (χ2v) is 5.24. The number of halogens is 5. The van der Waals surface area contributed by atoms with Crippen molar-refractivity contribution < 1.29 is 22.7 Å². The van der Waals surface area contributed by atoms with E-state index in [4.69, 9.17) is 16.3 Å². The molecule has 3 N–H and O–H groups in total. The number of benzene rings is 1. The molecule has 1 heterocycles. The van der Waals surface area contributed by atoms with Gasteiger partial charge in [0.25, 0.3) is 0 Å². The molecule has 1 aromatic carbocycles. The summed E-state index contributed by atoms with van der Waals surface area (Å²) in [6, 6.07) is 2.33. The summed E-state index contributed by atoms with van der Waals surface area (Å²) in [6.07, 6.45) is -4.76. The second-order valence-electron chi connectivity index (χ2n) is 4.83. The van der Waals surface area contributed by atoms with Crippen molar-refractivity contribution in [1.29, 1.82) is 0 Å². The highest BCUT2D eigenvalue weighted by Crippen LogP contribution is 2.36. The lowest BCUT2D eigenvalue weighted by molar-refractivity contribution is -0.137. The van der Waals surface area contributed by atoms with Crippen molar-refractivity contribution in [3.63, 3.8) is 0 Å². The van der Waals surface area contributed by atoms with Crippen molar-refractivity contribution >= 4 is 35.7 Å². The van der Waals surface area contributed by atoms with Gasteiger partial charge in [0.15, 0.2) is 0 Å². The van der Waals surface area contributed by atoms with Crippen molar-refractivity contribution in [2.45, 2.75) is 18.3 Å². The first-order valence-electron chi connectivity index (χ1n) is 6.49. The second kappa shape index (κ2) is 8.05. The van der Waals surface area contributed by atoms with Gasteiger partial charge in [0.05, 0.1) is 22.7 Å². The summed E-state index contributed by atoms with van der Waals surface area (Å²) < 4.78 is 43.4. The number of anilines is 1. The number of carbonyl (C=O) groups is 1. The Morgan fingerprint density at radius 1 is 1.39 bits per heavy atom. The molecule has 1 fully saturated rings. The standard InChI is InChI=1S/C13H15ClF3N3O2.ClH/c1-22-11-6-18-5-10(11)20-12(21)19-7-2-3-9(14)8(4-7)13(15,16)17;/h2-4,10-11,18H,5-6H2,1H3,(H2,19,20,21);1H/t10-,11-;/m0./s1. The molecule has 0 bridgehead atoms. The number of amides is 2. The van der Waals surface area contributed by atoms with Crippen LogP contribution >= 0.6 is 24.0 Å². The zero-order valence-corrected chi connectivity index (χ0v) is 13.6. The first-order chi connectivity index (χ1) is 10.3. The average Bonchev–Trinajstić information content (AvgIpc) is 2.86. The number of hydrogen-bond acceptors (Lipinski definition) is 3. The number of methoxy groups -OCH3 is 1. The van der Waals surface area contributed by atoms with Gasteiger partial charge < -0.3 is 20.7 Å². The van der Waals surface area contributed by atoms with Crippen LogP contribution in [0.15, 0.2) is 18.2 Å². The molecule has 1 aromatic rings. The van der Waals surface area contributed by atoms with E-state index in [1.165, 1.54) is 13.2 Å². The van der Waals surface area contributed by atoms with E-state index in [1.807, 2.05) is 0 Å². The summed E-state index contributed by atoms with van der Waals surface area (Å²) in [5.41, 5.74) is -0.988. The highest BCUT2D eigenvalue weighted by Gasteiger charge is 2.33. The monoisotopic (exact) mass is 373 g/mol. The Morgan fingerprint density at radius 2 is 2.09 bits per heavy atom. The van der Waals surface area contributed by atoms with Crippen LogP contribution in [-0.2, 0) is 10.9 Å². The molecule has 1 aliphatic heterocycles. The molecule has 0 aromatic heterocycles. The summed E-state index contributed by atoms with van der Waals surface area (Å²) in [6.45, 7) is 1.13. The summed E-state index contributed by atoms with van der Waals surface area (Å²) in [7, 11) is 1.53. The highest BCUT2D eigenvalue weighted by molar-refractivity contribution is 6.31.